The highest BCUT2D eigenvalue weighted by Gasteiger charge is 2.35. The van der Waals surface area contributed by atoms with E-state index in [1.165, 1.54) is 0 Å². The largest absolute Gasteiger partial charge is 0.355 e. The molecule has 2 aliphatic rings. The molecule has 148 valence electrons. The molecule has 0 unspecified atom stereocenters. The molecule has 0 bridgehead atoms. The van der Waals surface area contributed by atoms with Gasteiger partial charge in [0.2, 0.25) is 5.91 Å². The van der Waals surface area contributed by atoms with Crippen LogP contribution in [0.5, 0.6) is 0 Å². The first-order valence-corrected chi connectivity index (χ1v) is 9.52. The summed E-state index contributed by atoms with van der Waals surface area (Å²) in [5.74, 6) is 0.497. The molecule has 0 N–H and O–H groups in total. The van der Waals surface area contributed by atoms with Gasteiger partial charge in [-0.1, -0.05) is 10.4 Å². The summed E-state index contributed by atoms with van der Waals surface area (Å²) in [5.41, 5.74) is 1.81. The molecule has 0 aliphatic carbocycles. The molecule has 2 fully saturated rings. The van der Waals surface area contributed by atoms with Gasteiger partial charge in [-0.3, -0.25) is 14.6 Å². The van der Waals surface area contributed by atoms with Crippen LogP contribution in [0.3, 0.4) is 0 Å². The average molecular weight is 393 g/mol. The van der Waals surface area contributed by atoms with Crippen molar-refractivity contribution in [2.45, 2.75) is 25.4 Å². The minimum atomic E-state index is -0.178. The highest BCUT2D eigenvalue weighted by atomic mass is 16.5. The van der Waals surface area contributed by atoms with Crippen LogP contribution in [-0.2, 0) is 11.3 Å². The van der Waals surface area contributed by atoms with Crippen molar-refractivity contribution in [1.82, 2.24) is 34.9 Å². The van der Waals surface area contributed by atoms with Crippen LogP contribution >= 0.6 is 0 Å². The van der Waals surface area contributed by atoms with E-state index in [1.807, 2.05) is 12.3 Å². The van der Waals surface area contributed by atoms with Gasteiger partial charge in [0.15, 0.2) is 11.5 Å². The molecule has 10 heteroatoms. The van der Waals surface area contributed by atoms with Crippen molar-refractivity contribution < 1.29 is 14.1 Å². The van der Waals surface area contributed by atoms with Crippen molar-refractivity contribution in [3.8, 4) is 11.3 Å². The summed E-state index contributed by atoms with van der Waals surface area (Å²) in [5, 5.41) is 12.2. The Morgan fingerprint density at radius 3 is 2.97 bits per heavy atom. The van der Waals surface area contributed by atoms with E-state index in [0.29, 0.717) is 31.8 Å². The van der Waals surface area contributed by atoms with Crippen LogP contribution in [-0.4, -0.2) is 66.4 Å². The third-order valence-corrected chi connectivity index (χ3v) is 5.28. The van der Waals surface area contributed by atoms with Crippen LogP contribution in [0.15, 0.2) is 41.3 Å². The molecule has 3 aromatic rings. The molecule has 0 aromatic carbocycles. The fraction of sp³-hybridized carbons (Fsp3) is 0.368. The van der Waals surface area contributed by atoms with Crippen LogP contribution in [0.1, 0.15) is 35.1 Å². The maximum absolute atomic E-state index is 12.6. The van der Waals surface area contributed by atoms with Crippen molar-refractivity contribution in [3.63, 3.8) is 0 Å². The van der Waals surface area contributed by atoms with Gasteiger partial charge in [0.1, 0.15) is 5.69 Å². The summed E-state index contributed by atoms with van der Waals surface area (Å²) in [7, 11) is 0. The van der Waals surface area contributed by atoms with Crippen molar-refractivity contribution in [2.24, 2.45) is 0 Å². The number of carbonyl (C=O) groups excluding carboxylic acids is 2. The van der Waals surface area contributed by atoms with E-state index in [0.717, 1.165) is 24.2 Å². The molecule has 0 radical (unpaired) electrons. The number of hydrogen-bond donors (Lipinski definition) is 0. The van der Waals surface area contributed by atoms with E-state index in [-0.39, 0.29) is 23.6 Å². The van der Waals surface area contributed by atoms with Crippen LogP contribution in [0.25, 0.3) is 11.3 Å². The lowest BCUT2D eigenvalue weighted by Crippen LogP contribution is -2.51. The van der Waals surface area contributed by atoms with Crippen LogP contribution < -0.4 is 0 Å². The first kappa shape index (κ1) is 17.5. The van der Waals surface area contributed by atoms with E-state index in [9.17, 15) is 9.59 Å². The third kappa shape index (κ3) is 3.37. The summed E-state index contributed by atoms with van der Waals surface area (Å²) in [4.78, 5) is 31.9. The van der Waals surface area contributed by atoms with Crippen LogP contribution in [0.2, 0.25) is 0 Å². The fourth-order valence-corrected chi connectivity index (χ4v) is 3.60. The minimum absolute atomic E-state index is 0.0687. The lowest BCUT2D eigenvalue weighted by molar-refractivity contribution is -0.128. The number of amides is 2. The molecule has 29 heavy (non-hydrogen) atoms. The Hall–Kier alpha value is -3.56. The lowest BCUT2D eigenvalue weighted by Gasteiger charge is -2.38. The Morgan fingerprint density at radius 2 is 2.21 bits per heavy atom. The second-order valence-electron chi connectivity index (χ2n) is 7.29. The predicted octanol–water partition coefficient (Wildman–Crippen LogP) is 1.15. The molecular formula is C19H19N7O3. The monoisotopic (exact) mass is 393 g/mol. The standard InChI is InChI=1S/C19H19N7O3/c27-18-4-2-6-24(18)9-14-10-26(23-21-14)15-11-25(12-15)19(28)16-7-17(29-22-16)13-3-1-5-20-8-13/h1,3,5,7-8,10,15H,2,4,6,9,11-12H2. The summed E-state index contributed by atoms with van der Waals surface area (Å²) in [6, 6.07) is 5.34. The van der Waals surface area contributed by atoms with Crippen molar-refractivity contribution in [3.05, 3.63) is 48.2 Å². The first-order chi connectivity index (χ1) is 14.2. The first-order valence-electron chi connectivity index (χ1n) is 9.52. The normalized spacial score (nSPS) is 17.0. The van der Waals surface area contributed by atoms with E-state index in [4.69, 9.17) is 4.52 Å². The summed E-state index contributed by atoms with van der Waals surface area (Å²) < 4.78 is 7.05. The Morgan fingerprint density at radius 1 is 1.31 bits per heavy atom. The van der Waals surface area contributed by atoms with Gasteiger partial charge in [0, 0.05) is 50.1 Å². The quantitative estimate of drug-likeness (QED) is 0.639. The number of rotatable bonds is 5. The molecule has 5 heterocycles. The highest BCUT2D eigenvalue weighted by molar-refractivity contribution is 5.93. The molecular weight excluding hydrogens is 374 g/mol. The molecule has 10 nitrogen and oxygen atoms in total. The van der Waals surface area contributed by atoms with E-state index < -0.39 is 0 Å². The maximum Gasteiger partial charge on any atom is 0.276 e. The van der Waals surface area contributed by atoms with Gasteiger partial charge >= 0.3 is 0 Å². The Labute approximate surface area is 166 Å². The Balaban J connectivity index is 1.19. The average Bonchev–Trinajstić information content (AvgIpc) is 3.44. The van der Waals surface area contributed by atoms with Crippen molar-refractivity contribution >= 4 is 11.8 Å². The number of aromatic nitrogens is 5. The number of carbonyl (C=O) groups is 2. The minimum Gasteiger partial charge on any atom is -0.355 e. The molecule has 3 aromatic heterocycles. The second-order valence-corrected chi connectivity index (χ2v) is 7.29. The van der Waals surface area contributed by atoms with Gasteiger partial charge in [-0.25, -0.2) is 4.68 Å². The molecule has 5 rings (SSSR count). The van der Waals surface area contributed by atoms with Crippen molar-refractivity contribution in [2.75, 3.05) is 19.6 Å². The molecule has 0 spiro atoms. The van der Waals surface area contributed by atoms with E-state index in [1.54, 1.807) is 39.0 Å². The predicted molar refractivity (Wildman–Crippen MR) is 99.3 cm³/mol. The summed E-state index contributed by atoms with van der Waals surface area (Å²) in [6.07, 6.45) is 6.70. The molecule has 2 amide bonds. The number of pyridine rings is 1. The SMILES string of the molecule is O=C1CCCN1Cc1cn(C2CN(C(=O)c3cc(-c4cccnc4)on3)C2)nn1. The van der Waals surface area contributed by atoms with Gasteiger partial charge in [-0.15, -0.1) is 5.10 Å². The smallest absolute Gasteiger partial charge is 0.276 e. The van der Waals surface area contributed by atoms with Gasteiger partial charge in [-0.05, 0) is 18.6 Å². The van der Waals surface area contributed by atoms with Crippen LogP contribution in [0.4, 0.5) is 0 Å². The van der Waals surface area contributed by atoms with Gasteiger partial charge < -0.3 is 14.3 Å². The summed E-state index contributed by atoms with van der Waals surface area (Å²) >= 11 is 0. The van der Waals surface area contributed by atoms with Gasteiger partial charge in [-0.2, -0.15) is 0 Å². The van der Waals surface area contributed by atoms with Gasteiger partial charge in [0.05, 0.1) is 18.8 Å². The van der Waals surface area contributed by atoms with Crippen LogP contribution in [0, 0.1) is 0 Å². The molecule has 0 saturated carbocycles. The topological polar surface area (TPSA) is 110 Å². The fourth-order valence-electron chi connectivity index (χ4n) is 3.60. The Kier molecular flexibility index (Phi) is 4.30. The zero-order chi connectivity index (χ0) is 19.8. The third-order valence-electron chi connectivity index (χ3n) is 5.28. The summed E-state index contributed by atoms with van der Waals surface area (Å²) in [6.45, 7) is 2.32. The molecule has 2 aliphatic heterocycles. The number of likely N-dealkylation sites (tertiary alicyclic amines) is 2. The second kappa shape index (κ2) is 7.12. The molecule has 2 saturated heterocycles. The zero-order valence-corrected chi connectivity index (χ0v) is 15.6. The zero-order valence-electron chi connectivity index (χ0n) is 15.6. The van der Waals surface area contributed by atoms with E-state index >= 15 is 0 Å². The van der Waals surface area contributed by atoms with Gasteiger partial charge in [0.25, 0.3) is 5.91 Å². The van der Waals surface area contributed by atoms with Crippen molar-refractivity contribution in [1.29, 1.82) is 0 Å². The number of hydrogen-bond acceptors (Lipinski definition) is 7. The number of nitrogens with zero attached hydrogens (tertiary/aromatic N) is 7. The maximum atomic E-state index is 12.6. The Bertz CT molecular complexity index is 1040. The highest BCUT2D eigenvalue weighted by Crippen LogP contribution is 2.25. The lowest BCUT2D eigenvalue weighted by atomic mass is 10.1. The van der Waals surface area contributed by atoms with E-state index in [2.05, 4.69) is 20.5 Å². The molecule has 0 atom stereocenters.